The van der Waals surface area contributed by atoms with Crippen molar-refractivity contribution in [2.75, 3.05) is 47.8 Å². The van der Waals surface area contributed by atoms with Crippen LogP contribution in [0.2, 0.25) is 0 Å². The molecule has 7 N–H and O–H groups in total. The first-order valence-electron chi connectivity index (χ1n) is 35.3. The van der Waals surface area contributed by atoms with E-state index in [0.717, 1.165) is 29.7 Å². The fourth-order valence-electron chi connectivity index (χ4n) is 13.5. The van der Waals surface area contributed by atoms with Crippen molar-refractivity contribution in [1.29, 1.82) is 0 Å². The maximum absolute atomic E-state index is 15.4. The molecule has 2 unspecified atom stereocenters. The Morgan fingerprint density at radius 1 is 0.566 bits per heavy atom. The molecule has 2 heterocycles. The zero-order chi connectivity index (χ0) is 73.7. The molecule has 5 rings (SSSR count). The van der Waals surface area contributed by atoms with Gasteiger partial charge in [-0.05, 0) is 100 Å². The molecule has 13 amide bonds. The number of benzene rings is 2. The van der Waals surface area contributed by atoms with Crippen LogP contribution >= 0.6 is 0 Å². The summed E-state index contributed by atoms with van der Waals surface area (Å²) in [5.74, 6) is -8.49. The minimum atomic E-state index is -1.64. The first-order valence-corrected chi connectivity index (χ1v) is 35.3. The number of amides is 13. The zero-order valence-electron chi connectivity index (χ0n) is 61.2. The van der Waals surface area contributed by atoms with E-state index in [-0.39, 0.29) is 62.3 Å². The summed E-state index contributed by atoms with van der Waals surface area (Å²) in [6, 6.07) is 4.69. The predicted molar refractivity (Wildman–Crippen MR) is 377 cm³/mol. The molecule has 0 bridgehead atoms. The number of likely N-dealkylation sites (N-methyl/N-ethyl adjacent to an activating group) is 4. The number of hydrogen-bond donors (Lipinski definition) is 7. The van der Waals surface area contributed by atoms with Crippen LogP contribution in [-0.2, 0) is 65.6 Å². The molecule has 0 spiro atoms. The van der Waals surface area contributed by atoms with Crippen molar-refractivity contribution in [3.8, 4) is 0 Å². The number of imide groups is 1. The number of piperidine rings is 1. The normalized spacial score (nSPS) is 18.6. The van der Waals surface area contributed by atoms with Crippen molar-refractivity contribution >= 4 is 71.0 Å². The molecule has 2 aromatic rings. The average Bonchev–Trinajstić information content (AvgIpc) is 1.80. The highest BCUT2D eigenvalue weighted by atomic mass is 16.3. The zero-order valence-corrected chi connectivity index (χ0v) is 61.2. The van der Waals surface area contributed by atoms with Crippen LogP contribution in [0.4, 0.5) is 4.79 Å². The number of allylic oxidation sites excluding steroid dienone is 2. The lowest BCUT2D eigenvalue weighted by Crippen LogP contribution is -2.63. The third kappa shape index (κ3) is 22.3. The van der Waals surface area contributed by atoms with Gasteiger partial charge < -0.3 is 61.1 Å². The second kappa shape index (κ2) is 38.2. The largest absolute Gasteiger partial charge is 0.391 e. The summed E-state index contributed by atoms with van der Waals surface area (Å²) < 4.78 is 0. The van der Waals surface area contributed by atoms with E-state index in [2.05, 4.69) is 31.9 Å². The van der Waals surface area contributed by atoms with Crippen LogP contribution in [-0.4, -0.2) is 220 Å². The highest BCUT2D eigenvalue weighted by Crippen LogP contribution is 2.29. The maximum atomic E-state index is 15.4. The SMILES string of the molecule is CCC1=CC=CC1C(NC(=O)[C@H](CC(C)C)NC(=O)[C@@H]1CCCN1C(=O)[C@@H](NC(=O)[C@H](Cc1ccccc1)N(C)C(=O)[C@H](Cc1ccccc1)NC(=O)[C@H]([C@@H](C)CC)N(C)C(=O)[C@H](C)NC(=O)[C@H](CC(C)C)N(C)C(=O)[C@H](C(C)C)N(C)C(=O)NC(C)=O)[C@@H](C)O)C(=O)N1CCCCC1. The van der Waals surface area contributed by atoms with Crippen molar-refractivity contribution in [2.45, 2.75) is 220 Å². The first kappa shape index (κ1) is 81.2. The third-order valence-corrected chi connectivity index (χ3v) is 19.2. The van der Waals surface area contributed by atoms with Gasteiger partial charge in [0, 0.05) is 73.5 Å². The number of likely N-dealkylation sites (tertiary alicyclic amines) is 2. The quantitative estimate of drug-likeness (QED) is 0.0512. The summed E-state index contributed by atoms with van der Waals surface area (Å²) in [5, 5.41) is 28.0. The predicted octanol–water partition coefficient (Wildman–Crippen LogP) is 4.65. The highest BCUT2D eigenvalue weighted by Gasteiger charge is 2.45. The summed E-state index contributed by atoms with van der Waals surface area (Å²) in [6.45, 7) is 21.8. The molecule has 0 saturated carbocycles. The number of nitrogens with one attached hydrogen (secondary N) is 6. The number of rotatable bonds is 33. The van der Waals surface area contributed by atoms with Gasteiger partial charge in [-0.15, -0.1) is 0 Å². The molecule has 99 heavy (non-hydrogen) atoms. The number of aliphatic hydroxyl groups excluding tert-OH is 1. The number of aliphatic hydroxyl groups is 1. The monoisotopic (exact) mass is 1380 g/mol. The Morgan fingerprint density at radius 2 is 1.14 bits per heavy atom. The second-order valence-corrected chi connectivity index (χ2v) is 28.3. The molecule has 0 aromatic heterocycles. The molecule has 2 aliphatic heterocycles. The minimum absolute atomic E-state index is 0.0760. The lowest BCUT2D eigenvalue weighted by molar-refractivity contribution is -0.148. The molecular formula is C74H112N12O13. The summed E-state index contributed by atoms with van der Waals surface area (Å²) in [4.78, 5) is 180. The molecule has 2 fully saturated rings. The van der Waals surface area contributed by atoms with Crippen LogP contribution in [0, 0.1) is 29.6 Å². The van der Waals surface area contributed by atoms with Crippen molar-refractivity contribution in [3.05, 3.63) is 95.6 Å². The van der Waals surface area contributed by atoms with E-state index >= 15 is 14.4 Å². The van der Waals surface area contributed by atoms with Crippen molar-refractivity contribution in [2.24, 2.45) is 29.6 Å². The van der Waals surface area contributed by atoms with Gasteiger partial charge in [-0.3, -0.25) is 58.1 Å². The molecular weight excluding hydrogens is 1260 g/mol. The summed E-state index contributed by atoms with van der Waals surface area (Å²) in [6.07, 6.45) is 8.81. The van der Waals surface area contributed by atoms with Gasteiger partial charge in [-0.25, -0.2) is 4.79 Å². The second-order valence-electron chi connectivity index (χ2n) is 28.3. The Kier molecular flexibility index (Phi) is 31.3. The van der Waals surface area contributed by atoms with Crippen LogP contribution in [0.15, 0.2) is 84.5 Å². The number of nitrogens with zero attached hydrogens (tertiary/aromatic N) is 6. The van der Waals surface area contributed by atoms with E-state index in [0.29, 0.717) is 43.5 Å². The lowest BCUT2D eigenvalue weighted by atomic mass is 9.90. The molecule has 25 nitrogen and oxygen atoms in total. The van der Waals surface area contributed by atoms with E-state index in [1.807, 2.05) is 59.8 Å². The van der Waals surface area contributed by atoms with Crippen LogP contribution in [0.1, 0.15) is 152 Å². The Hall–Kier alpha value is -8.48. The van der Waals surface area contributed by atoms with Crippen LogP contribution < -0.4 is 31.9 Å². The molecule has 1 aliphatic carbocycles. The van der Waals surface area contributed by atoms with Crippen LogP contribution in [0.25, 0.3) is 0 Å². The highest BCUT2D eigenvalue weighted by molar-refractivity contribution is 6.00. The minimum Gasteiger partial charge on any atom is -0.391 e. The molecule has 13 atom stereocenters. The Balaban J connectivity index is 1.40. The van der Waals surface area contributed by atoms with E-state index in [9.17, 15) is 48.3 Å². The van der Waals surface area contributed by atoms with Gasteiger partial charge in [0.2, 0.25) is 65.0 Å². The van der Waals surface area contributed by atoms with Gasteiger partial charge in [0.25, 0.3) is 0 Å². The van der Waals surface area contributed by atoms with Gasteiger partial charge >= 0.3 is 6.03 Å². The van der Waals surface area contributed by atoms with Gasteiger partial charge in [0.15, 0.2) is 0 Å². The van der Waals surface area contributed by atoms with Gasteiger partial charge in [-0.1, -0.05) is 153 Å². The fraction of sp³-hybridized carbons (Fsp3) is 0.622. The Morgan fingerprint density at radius 3 is 1.69 bits per heavy atom. The molecule has 3 aliphatic rings. The van der Waals surface area contributed by atoms with Gasteiger partial charge in [-0.2, -0.15) is 0 Å². The Labute approximate surface area is 585 Å². The molecule has 2 saturated heterocycles. The Bertz CT molecular complexity index is 3190. The third-order valence-electron chi connectivity index (χ3n) is 19.2. The number of hydrogen-bond acceptors (Lipinski definition) is 13. The van der Waals surface area contributed by atoms with Crippen LogP contribution in [0.5, 0.6) is 0 Å². The van der Waals surface area contributed by atoms with E-state index in [1.54, 1.807) is 86.3 Å². The lowest BCUT2D eigenvalue weighted by Gasteiger charge is -2.37. The summed E-state index contributed by atoms with van der Waals surface area (Å²) in [5.41, 5.74) is 2.26. The standard InChI is InChI=1S/C74H112N12O13/c1-17-47(9)63(83(15)69(94)48(10)75-66(91)58(41-45(5)6)82(14)73(98)62(46(7)8)84(16)74(99)76-50(12)88)68(93)78-56(42-51-30-22-19-23-31-51)70(95)81(13)59(43-52-32-24-20-25-33-52)67(92)79-60(49(11)87)72(97)86-39-29-36-57(86)65(90)77-55(40-44(3)4)64(89)80-61(54-35-28-34-53(54)18-2)71(96)85-37-26-21-27-38-85/h19-20,22-25,28,30-35,44-49,54-63,87H,17-18,21,26-27,29,36-43H2,1-16H3,(H,75,91)(H,77,90)(H,78,93)(H,79,92)(H,80,89)(H,76,88,99)/t47-,48-,49+,54?,55-,56-,57-,58-,59-,60-,61?,62-,63-/m0/s1. The maximum Gasteiger partial charge on any atom is 0.324 e. The van der Waals surface area contributed by atoms with Crippen molar-refractivity contribution < 1.29 is 62.6 Å². The molecule has 546 valence electrons. The van der Waals surface area contributed by atoms with Gasteiger partial charge in [0.1, 0.15) is 60.4 Å². The van der Waals surface area contributed by atoms with Crippen molar-refractivity contribution in [1.82, 2.24) is 61.3 Å². The van der Waals surface area contributed by atoms with E-state index < -0.39 is 143 Å². The number of carbonyl (C=O) groups is 12. The molecule has 0 radical (unpaired) electrons. The molecule has 2 aromatic carbocycles. The summed E-state index contributed by atoms with van der Waals surface area (Å²) >= 11 is 0. The molecule has 25 heteroatoms. The number of carbonyl (C=O) groups excluding carboxylic acids is 12. The fourth-order valence-corrected chi connectivity index (χ4v) is 13.5. The van der Waals surface area contributed by atoms with Gasteiger partial charge in [0.05, 0.1) is 6.10 Å². The summed E-state index contributed by atoms with van der Waals surface area (Å²) in [7, 11) is 5.63. The van der Waals surface area contributed by atoms with Crippen molar-refractivity contribution in [3.63, 3.8) is 0 Å². The first-order chi connectivity index (χ1) is 46.7. The number of urea groups is 1. The van der Waals surface area contributed by atoms with E-state index in [4.69, 9.17) is 0 Å². The topological polar surface area (TPSA) is 317 Å². The van der Waals surface area contributed by atoms with Crippen LogP contribution in [0.3, 0.4) is 0 Å². The smallest absolute Gasteiger partial charge is 0.324 e. The average molecular weight is 1380 g/mol. The van der Waals surface area contributed by atoms with E-state index in [1.165, 1.54) is 68.6 Å².